The summed E-state index contributed by atoms with van der Waals surface area (Å²) in [5.74, 6) is 1.26. The first-order valence-corrected chi connectivity index (χ1v) is 7.49. The highest BCUT2D eigenvalue weighted by Gasteiger charge is 2.51. The van der Waals surface area contributed by atoms with E-state index < -0.39 is 0 Å². The molecule has 1 fully saturated rings. The highest BCUT2D eigenvalue weighted by Crippen LogP contribution is 2.44. The minimum Gasteiger partial charge on any atom is -0.489 e. The van der Waals surface area contributed by atoms with Gasteiger partial charge in [-0.2, -0.15) is 0 Å². The second kappa shape index (κ2) is 4.91. The molecule has 0 amide bonds. The standard InChI is InChI=1S/C18H26O2/c1-7-18(6)15(19)11-16(18)20-14-9-8-12(2)10-13(14)17(3,4)5/h8-10,16H,7,11H2,1-6H3. The first kappa shape index (κ1) is 15.1. The van der Waals surface area contributed by atoms with E-state index in [1.165, 1.54) is 11.1 Å². The number of ketones is 1. The SMILES string of the molecule is CCC1(C)C(=O)CC1Oc1ccc(C)cc1C(C)(C)C. The quantitative estimate of drug-likeness (QED) is 0.815. The van der Waals surface area contributed by atoms with Gasteiger partial charge in [-0.3, -0.25) is 4.79 Å². The number of carbonyl (C=O) groups is 1. The van der Waals surface area contributed by atoms with Crippen molar-refractivity contribution in [2.24, 2.45) is 5.41 Å². The van der Waals surface area contributed by atoms with Crippen LogP contribution in [0.3, 0.4) is 0 Å². The summed E-state index contributed by atoms with van der Waals surface area (Å²) in [4.78, 5) is 11.8. The van der Waals surface area contributed by atoms with Gasteiger partial charge in [0.15, 0.2) is 0 Å². The average Bonchev–Trinajstić information content (AvgIpc) is 2.37. The Hall–Kier alpha value is -1.31. The smallest absolute Gasteiger partial charge is 0.146 e. The van der Waals surface area contributed by atoms with E-state index in [0.717, 1.165) is 12.2 Å². The molecule has 0 spiro atoms. The molecule has 2 atom stereocenters. The lowest BCUT2D eigenvalue weighted by atomic mass is 9.64. The number of ether oxygens (including phenoxy) is 1. The molecule has 0 aliphatic heterocycles. The van der Waals surface area contributed by atoms with Crippen molar-refractivity contribution in [2.45, 2.75) is 65.9 Å². The fourth-order valence-corrected chi connectivity index (χ4v) is 2.76. The molecule has 2 nitrogen and oxygen atoms in total. The number of aryl methyl sites for hydroxylation is 1. The lowest BCUT2D eigenvalue weighted by Gasteiger charge is -2.44. The average molecular weight is 274 g/mol. The number of Topliss-reactive ketones (excluding diaryl/α,β-unsaturated/α-hetero) is 1. The van der Waals surface area contributed by atoms with E-state index in [0.29, 0.717) is 12.2 Å². The number of rotatable bonds is 3. The maximum atomic E-state index is 11.8. The van der Waals surface area contributed by atoms with Crippen LogP contribution in [0.4, 0.5) is 0 Å². The third kappa shape index (κ3) is 2.48. The van der Waals surface area contributed by atoms with Crippen LogP contribution in [0.1, 0.15) is 58.6 Å². The van der Waals surface area contributed by atoms with Gasteiger partial charge in [-0.25, -0.2) is 0 Å². The second-order valence-corrected chi connectivity index (χ2v) is 7.25. The first-order valence-electron chi connectivity index (χ1n) is 7.49. The van der Waals surface area contributed by atoms with Gasteiger partial charge >= 0.3 is 0 Å². The summed E-state index contributed by atoms with van der Waals surface area (Å²) >= 11 is 0. The molecule has 0 aromatic heterocycles. The van der Waals surface area contributed by atoms with Gasteiger partial charge in [0.25, 0.3) is 0 Å². The van der Waals surface area contributed by atoms with Crippen LogP contribution in [0.25, 0.3) is 0 Å². The molecule has 110 valence electrons. The third-order valence-electron chi connectivity index (χ3n) is 4.67. The van der Waals surface area contributed by atoms with E-state index in [1.807, 2.05) is 6.92 Å². The van der Waals surface area contributed by atoms with E-state index >= 15 is 0 Å². The van der Waals surface area contributed by atoms with Crippen molar-refractivity contribution in [3.8, 4) is 5.75 Å². The highest BCUT2D eigenvalue weighted by atomic mass is 16.5. The van der Waals surface area contributed by atoms with Gasteiger partial charge < -0.3 is 4.74 Å². The molecular formula is C18H26O2. The number of hydrogen-bond donors (Lipinski definition) is 0. The maximum Gasteiger partial charge on any atom is 0.146 e. The molecule has 2 unspecified atom stereocenters. The van der Waals surface area contributed by atoms with Crippen LogP contribution in [0.15, 0.2) is 18.2 Å². The normalized spacial score (nSPS) is 26.3. The van der Waals surface area contributed by atoms with Gasteiger partial charge in [0, 0.05) is 6.42 Å². The van der Waals surface area contributed by atoms with Gasteiger partial charge in [0.05, 0.1) is 5.41 Å². The minimum absolute atomic E-state index is 0.0174. The molecule has 2 heteroatoms. The zero-order valence-electron chi connectivity index (χ0n) is 13.5. The van der Waals surface area contributed by atoms with Crippen LogP contribution >= 0.6 is 0 Å². The minimum atomic E-state index is -0.306. The summed E-state index contributed by atoms with van der Waals surface area (Å²) in [6, 6.07) is 6.32. The van der Waals surface area contributed by atoms with E-state index in [-0.39, 0.29) is 16.9 Å². The molecular weight excluding hydrogens is 248 g/mol. The lowest BCUT2D eigenvalue weighted by Crippen LogP contribution is -2.54. The molecule has 0 N–H and O–H groups in total. The fourth-order valence-electron chi connectivity index (χ4n) is 2.76. The van der Waals surface area contributed by atoms with E-state index in [1.54, 1.807) is 0 Å². The molecule has 1 aliphatic rings. The van der Waals surface area contributed by atoms with Crippen LogP contribution in [0.2, 0.25) is 0 Å². The third-order valence-corrected chi connectivity index (χ3v) is 4.67. The zero-order chi connectivity index (χ0) is 15.1. The summed E-state index contributed by atoms with van der Waals surface area (Å²) in [7, 11) is 0. The summed E-state index contributed by atoms with van der Waals surface area (Å²) in [5, 5.41) is 0. The van der Waals surface area contributed by atoms with Crippen molar-refractivity contribution >= 4 is 5.78 Å². The predicted octanol–water partition coefficient (Wildman–Crippen LogP) is 4.43. The number of carbonyl (C=O) groups excluding carboxylic acids is 1. The van der Waals surface area contributed by atoms with Crippen molar-refractivity contribution in [2.75, 3.05) is 0 Å². The predicted molar refractivity (Wildman–Crippen MR) is 82.3 cm³/mol. The van der Waals surface area contributed by atoms with Gasteiger partial charge in [0.2, 0.25) is 0 Å². The fraction of sp³-hybridized carbons (Fsp3) is 0.611. The van der Waals surface area contributed by atoms with E-state index in [9.17, 15) is 4.79 Å². The Morgan fingerprint density at radius 2 is 2.00 bits per heavy atom. The van der Waals surface area contributed by atoms with E-state index in [2.05, 4.69) is 52.8 Å². The Kier molecular flexibility index (Phi) is 3.70. The van der Waals surface area contributed by atoms with Crippen molar-refractivity contribution in [3.05, 3.63) is 29.3 Å². The molecule has 2 rings (SSSR count). The largest absolute Gasteiger partial charge is 0.489 e. The Balaban J connectivity index is 2.29. The van der Waals surface area contributed by atoms with Gasteiger partial charge in [-0.1, -0.05) is 45.4 Å². The molecule has 1 aliphatic carbocycles. The Labute approximate surface area is 122 Å². The van der Waals surface area contributed by atoms with Gasteiger partial charge in [-0.05, 0) is 37.3 Å². The molecule has 20 heavy (non-hydrogen) atoms. The Morgan fingerprint density at radius 3 is 2.50 bits per heavy atom. The topological polar surface area (TPSA) is 26.3 Å². The Morgan fingerprint density at radius 1 is 1.35 bits per heavy atom. The monoisotopic (exact) mass is 274 g/mol. The highest BCUT2D eigenvalue weighted by molar-refractivity contribution is 5.92. The van der Waals surface area contributed by atoms with Crippen molar-refractivity contribution in [1.29, 1.82) is 0 Å². The van der Waals surface area contributed by atoms with Crippen molar-refractivity contribution in [3.63, 3.8) is 0 Å². The molecule has 0 heterocycles. The molecule has 1 saturated carbocycles. The van der Waals surface area contributed by atoms with Crippen LogP contribution in [0.5, 0.6) is 5.75 Å². The van der Waals surface area contributed by atoms with Gasteiger partial charge in [-0.15, -0.1) is 0 Å². The van der Waals surface area contributed by atoms with Crippen LogP contribution in [0, 0.1) is 12.3 Å². The molecule has 1 aromatic rings. The summed E-state index contributed by atoms with van der Waals surface area (Å²) in [5.41, 5.74) is 2.19. The van der Waals surface area contributed by atoms with Crippen LogP contribution in [-0.2, 0) is 10.2 Å². The van der Waals surface area contributed by atoms with Crippen molar-refractivity contribution in [1.82, 2.24) is 0 Å². The molecule has 1 aromatic carbocycles. The summed E-state index contributed by atoms with van der Waals surface area (Å²) in [6.07, 6.45) is 1.40. The Bertz CT molecular complexity index is 525. The summed E-state index contributed by atoms with van der Waals surface area (Å²) < 4.78 is 6.22. The lowest BCUT2D eigenvalue weighted by molar-refractivity contribution is -0.150. The maximum absolute atomic E-state index is 11.8. The zero-order valence-corrected chi connectivity index (χ0v) is 13.5. The number of hydrogen-bond acceptors (Lipinski definition) is 2. The second-order valence-electron chi connectivity index (χ2n) is 7.25. The first-order chi connectivity index (χ1) is 9.18. The van der Waals surface area contributed by atoms with Crippen LogP contribution in [-0.4, -0.2) is 11.9 Å². The molecule has 0 saturated heterocycles. The van der Waals surface area contributed by atoms with Crippen molar-refractivity contribution < 1.29 is 9.53 Å². The van der Waals surface area contributed by atoms with Gasteiger partial charge in [0.1, 0.15) is 17.6 Å². The molecule has 0 bridgehead atoms. The van der Waals surface area contributed by atoms with Crippen LogP contribution < -0.4 is 4.74 Å². The van der Waals surface area contributed by atoms with E-state index in [4.69, 9.17) is 4.74 Å². The molecule has 0 radical (unpaired) electrons. The summed E-state index contributed by atoms with van der Waals surface area (Å²) in [6.45, 7) is 12.8. The number of benzene rings is 1.